The first-order chi connectivity index (χ1) is 6.69. The van der Waals surface area contributed by atoms with E-state index in [9.17, 15) is 5.11 Å². The average molecular weight is 195 g/mol. The maximum absolute atomic E-state index is 9.93. The fraction of sp³-hybridized carbons (Fsp3) is 0.600. The van der Waals surface area contributed by atoms with Crippen LogP contribution in [0.15, 0.2) is 12.3 Å². The van der Waals surface area contributed by atoms with Crippen LogP contribution < -0.4 is 5.73 Å². The molecule has 0 saturated heterocycles. The lowest BCUT2D eigenvalue weighted by atomic mass is 9.97. The second kappa shape index (κ2) is 5.02. The average Bonchev–Trinajstić information content (AvgIpc) is 2.19. The number of nitrogens with zero attached hydrogens (tertiary/aromatic N) is 2. The lowest BCUT2D eigenvalue weighted by Crippen LogP contribution is -2.22. The van der Waals surface area contributed by atoms with Gasteiger partial charge in [0.2, 0.25) is 0 Å². The normalized spacial score (nSPS) is 15.1. The van der Waals surface area contributed by atoms with E-state index in [1.54, 1.807) is 19.2 Å². The Morgan fingerprint density at radius 1 is 1.57 bits per heavy atom. The number of hydrogen-bond acceptors (Lipinski definition) is 4. The van der Waals surface area contributed by atoms with Gasteiger partial charge in [0, 0.05) is 12.1 Å². The van der Waals surface area contributed by atoms with Gasteiger partial charge in [-0.3, -0.25) is 0 Å². The quantitative estimate of drug-likeness (QED) is 0.745. The standard InChI is InChI=1S/C10H17N3O/c1-3-8(6-11)10(14)9-4-5-12-7(2)13-9/h4-5,8,10,14H,3,6,11H2,1-2H3. The van der Waals surface area contributed by atoms with Crippen molar-refractivity contribution in [2.75, 3.05) is 6.54 Å². The molecule has 14 heavy (non-hydrogen) atoms. The summed E-state index contributed by atoms with van der Waals surface area (Å²) in [5.74, 6) is 0.748. The minimum atomic E-state index is -0.577. The summed E-state index contributed by atoms with van der Waals surface area (Å²) in [6.45, 7) is 4.29. The molecule has 4 heteroatoms. The molecule has 2 atom stereocenters. The summed E-state index contributed by atoms with van der Waals surface area (Å²) in [6, 6.07) is 1.73. The van der Waals surface area contributed by atoms with Crippen LogP contribution in [-0.4, -0.2) is 21.6 Å². The van der Waals surface area contributed by atoms with Crippen LogP contribution in [0.5, 0.6) is 0 Å². The topological polar surface area (TPSA) is 72.0 Å². The van der Waals surface area contributed by atoms with Crippen LogP contribution in [-0.2, 0) is 0 Å². The molecule has 78 valence electrons. The van der Waals surface area contributed by atoms with Gasteiger partial charge in [0.05, 0.1) is 5.69 Å². The zero-order chi connectivity index (χ0) is 10.6. The zero-order valence-corrected chi connectivity index (χ0v) is 8.64. The maximum Gasteiger partial charge on any atom is 0.125 e. The van der Waals surface area contributed by atoms with E-state index in [0.29, 0.717) is 18.1 Å². The van der Waals surface area contributed by atoms with E-state index >= 15 is 0 Å². The van der Waals surface area contributed by atoms with Crippen LogP contribution in [0.4, 0.5) is 0 Å². The lowest BCUT2D eigenvalue weighted by molar-refractivity contribution is 0.105. The van der Waals surface area contributed by atoms with Gasteiger partial charge in [0.25, 0.3) is 0 Å². The molecule has 1 aromatic heterocycles. The van der Waals surface area contributed by atoms with Crippen molar-refractivity contribution >= 4 is 0 Å². The van der Waals surface area contributed by atoms with Crippen molar-refractivity contribution in [2.45, 2.75) is 26.4 Å². The largest absolute Gasteiger partial charge is 0.386 e. The molecule has 1 rings (SSSR count). The molecule has 0 radical (unpaired) electrons. The highest BCUT2D eigenvalue weighted by Gasteiger charge is 2.18. The predicted octanol–water partition coefficient (Wildman–Crippen LogP) is 0.803. The third-order valence-electron chi connectivity index (χ3n) is 2.37. The van der Waals surface area contributed by atoms with Crippen LogP contribution in [0.1, 0.15) is 31.0 Å². The van der Waals surface area contributed by atoms with E-state index in [-0.39, 0.29) is 5.92 Å². The Hall–Kier alpha value is -1.00. The highest BCUT2D eigenvalue weighted by molar-refractivity contribution is 5.06. The monoisotopic (exact) mass is 195 g/mol. The van der Waals surface area contributed by atoms with Gasteiger partial charge in [0.1, 0.15) is 11.9 Å². The number of aromatic nitrogens is 2. The van der Waals surface area contributed by atoms with Crippen LogP contribution in [0.2, 0.25) is 0 Å². The van der Waals surface area contributed by atoms with Crippen LogP contribution in [0.25, 0.3) is 0 Å². The summed E-state index contributed by atoms with van der Waals surface area (Å²) >= 11 is 0. The number of rotatable bonds is 4. The summed E-state index contributed by atoms with van der Waals surface area (Å²) in [6.07, 6.45) is 1.93. The van der Waals surface area contributed by atoms with Crippen LogP contribution in [0.3, 0.4) is 0 Å². The molecule has 0 aromatic carbocycles. The Balaban J connectivity index is 2.82. The molecule has 0 bridgehead atoms. The Labute approximate surface area is 84.2 Å². The molecule has 3 N–H and O–H groups in total. The zero-order valence-electron chi connectivity index (χ0n) is 8.64. The lowest BCUT2D eigenvalue weighted by Gasteiger charge is -2.19. The van der Waals surface area contributed by atoms with Gasteiger partial charge in [-0.15, -0.1) is 0 Å². The van der Waals surface area contributed by atoms with Gasteiger partial charge in [-0.05, 0) is 26.0 Å². The van der Waals surface area contributed by atoms with E-state index in [4.69, 9.17) is 5.73 Å². The summed E-state index contributed by atoms with van der Waals surface area (Å²) in [4.78, 5) is 8.15. The van der Waals surface area contributed by atoms with Crippen molar-refractivity contribution in [3.63, 3.8) is 0 Å². The second-order valence-electron chi connectivity index (χ2n) is 3.38. The Bertz CT molecular complexity index is 286. The molecule has 0 amide bonds. The number of hydrogen-bond donors (Lipinski definition) is 2. The molecule has 0 aliphatic heterocycles. The van der Waals surface area contributed by atoms with Gasteiger partial charge in [-0.1, -0.05) is 6.92 Å². The smallest absolute Gasteiger partial charge is 0.125 e. The molecule has 4 nitrogen and oxygen atoms in total. The second-order valence-corrected chi connectivity index (χ2v) is 3.38. The SMILES string of the molecule is CCC(CN)C(O)c1ccnc(C)n1. The third-order valence-corrected chi connectivity index (χ3v) is 2.37. The Morgan fingerprint density at radius 3 is 2.79 bits per heavy atom. The summed E-state index contributed by atoms with van der Waals surface area (Å²) in [5.41, 5.74) is 6.22. The highest BCUT2D eigenvalue weighted by atomic mass is 16.3. The van der Waals surface area contributed by atoms with Crippen molar-refractivity contribution < 1.29 is 5.11 Å². The van der Waals surface area contributed by atoms with Gasteiger partial charge in [0.15, 0.2) is 0 Å². The molecule has 0 aliphatic rings. The first kappa shape index (κ1) is 11.1. The number of aliphatic hydroxyl groups excluding tert-OH is 1. The molecular weight excluding hydrogens is 178 g/mol. The Kier molecular flexibility index (Phi) is 3.98. The fourth-order valence-electron chi connectivity index (χ4n) is 1.40. The maximum atomic E-state index is 9.93. The van der Waals surface area contributed by atoms with E-state index in [1.807, 2.05) is 6.92 Å². The fourth-order valence-corrected chi connectivity index (χ4v) is 1.40. The van der Waals surface area contributed by atoms with E-state index in [1.165, 1.54) is 0 Å². The van der Waals surface area contributed by atoms with Crippen molar-refractivity contribution in [1.29, 1.82) is 0 Å². The molecule has 0 spiro atoms. The molecule has 2 unspecified atom stereocenters. The number of aryl methyl sites for hydroxylation is 1. The predicted molar refractivity (Wildman–Crippen MR) is 54.6 cm³/mol. The third kappa shape index (κ3) is 2.49. The summed E-state index contributed by atoms with van der Waals surface area (Å²) in [5, 5.41) is 9.93. The van der Waals surface area contributed by atoms with Crippen molar-refractivity contribution in [3.05, 3.63) is 23.8 Å². The minimum absolute atomic E-state index is 0.0734. The van der Waals surface area contributed by atoms with Crippen molar-refractivity contribution in [1.82, 2.24) is 9.97 Å². The Morgan fingerprint density at radius 2 is 2.29 bits per heavy atom. The molecule has 1 heterocycles. The van der Waals surface area contributed by atoms with Gasteiger partial charge in [-0.2, -0.15) is 0 Å². The van der Waals surface area contributed by atoms with E-state index in [2.05, 4.69) is 9.97 Å². The minimum Gasteiger partial charge on any atom is -0.386 e. The van der Waals surface area contributed by atoms with Gasteiger partial charge >= 0.3 is 0 Å². The molecule has 0 aliphatic carbocycles. The van der Waals surface area contributed by atoms with Crippen LogP contribution >= 0.6 is 0 Å². The molecule has 0 fully saturated rings. The first-order valence-electron chi connectivity index (χ1n) is 4.86. The highest BCUT2D eigenvalue weighted by Crippen LogP contribution is 2.21. The molecular formula is C10H17N3O. The molecule has 1 aromatic rings. The van der Waals surface area contributed by atoms with Crippen LogP contribution in [0, 0.1) is 12.8 Å². The first-order valence-corrected chi connectivity index (χ1v) is 4.86. The number of nitrogens with two attached hydrogens (primary N) is 1. The van der Waals surface area contributed by atoms with Gasteiger partial charge < -0.3 is 10.8 Å². The van der Waals surface area contributed by atoms with Crippen molar-refractivity contribution in [3.8, 4) is 0 Å². The van der Waals surface area contributed by atoms with E-state index in [0.717, 1.165) is 6.42 Å². The molecule has 0 saturated carbocycles. The van der Waals surface area contributed by atoms with E-state index < -0.39 is 6.10 Å². The summed E-state index contributed by atoms with van der Waals surface area (Å²) < 4.78 is 0. The van der Waals surface area contributed by atoms with Crippen molar-refractivity contribution in [2.24, 2.45) is 11.7 Å². The summed E-state index contributed by atoms with van der Waals surface area (Å²) in [7, 11) is 0. The number of aliphatic hydroxyl groups is 1. The van der Waals surface area contributed by atoms with Gasteiger partial charge in [-0.25, -0.2) is 9.97 Å².